The molecule has 11 nitrogen and oxygen atoms in total. The molecule has 1 radical (unpaired) electrons. The standard InChI is InChI=1S/C15H18AsN4O7S2/c1-4-8-28(22,23)10-6-5-7-17-13(10)29(24,25)20-15(21)16-14-18-11(26-2)9-12(19-14)27-3/h5-7,9H,4,8H2,1-3H3,(H,20,21). The summed E-state index contributed by atoms with van der Waals surface area (Å²) >= 11 is -1.50. The summed E-state index contributed by atoms with van der Waals surface area (Å²) in [5.74, 6) is 0.0457. The SMILES string of the molecule is CCCS(=O)(=O)c1cccnc1S(=O)(=O)NC(=O)[As]c1nc(OC)cc(OC)n1. The molecule has 0 aliphatic heterocycles. The maximum absolute atomic E-state index is 12.6. The predicted molar refractivity (Wildman–Crippen MR) is 103 cm³/mol. The Morgan fingerprint density at radius 3 is 2.31 bits per heavy atom. The average molecular weight is 505 g/mol. The van der Waals surface area contributed by atoms with Crippen molar-refractivity contribution in [3.8, 4) is 11.8 Å². The van der Waals surface area contributed by atoms with Crippen LogP contribution in [0.4, 0.5) is 4.79 Å². The van der Waals surface area contributed by atoms with Gasteiger partial charge in [0.1, 0.15) is 0 Å². The first kappa shape index (κ1) is 23.0. The monoisotopic (exact) mass is 505 g/mol. The van der Waals surface area contributed by atoms with Crippen LogP contribution >= 0.6 is 0 Å². The quantitative estimate of drug-likeness (QED) is 0.441. The van der Waals surface area contributed by atoms with Crippen molar-refractivity contribution < 1.29 is 31.1 Å². The number of ether oxygens (including phenoxy) is 2. The third-order valence-corrected chi connectivity index (χ3v) is 8.50. The first-order valence-corrected chi connectivity index (χ1v) is 13.1. The second-order valence-electron chi connectivity index (χ2n) is 5.40. The molecule has 2 aromatic rings. The molecular formula is C15H18AsN4O7S2. The molecule has 0 atom stereocenters. The molecule has 14 heteroatoms. The van der Waals surface area contributed by atoms with Gasteiger partial charge in [-0.05, 0) is 0 Å². The van der Waals surface area contributed by atoms with Crippen LogP contribution in [-0.4, -0.2) is 72.2 Å². The van der Waals surface area contributed by atoms with Crippen LogP contribution in [0.5, 0.6) is 11.8 Å². The van der Waals surface area contributed by atoms with Crippen molar-refractivity contribution >= 4 is 44.9 Å². The van der Waals surface area contributed by atoms with Gasteiger partial charge in [0.2, 0.25) is 0 Å². The zero-order valence-electron chi connectivity index (χ0n) is 15.7. The van der Waals surface area contributed by atoms with E-state index in [4.69, 9.17) is 9.47 Å². The number of rotatable bonds is 9. The van der Waals surface area contributed by atoms with Crippen molar-refractivity contribution in [2.75, 3.05) is 20.0 Å². The van der Waals surface area contributed by atoms with Gasteiger partial charge in [-0.3, -0.25) is 0 Å². The average Bonchev–Trinajstić information content (AvgIpc) is 2.67. The predicted octanol–water partition coefficient (Wildman–Crippen LogP) is -0.499. The van der Waals surface area contributed by atoms with Gasteiger partial charge in [0.25, 0.3) is 0 Å². The Balaban J connectivity index is 2.30. The maximum atomic E-state index is 12.6. The van der Waals surface area contributed by atoms with E-state index in [2.05, 4.69) is 15.0 Å². The van der Waals surface area contributed by atoms with Crippen LogP contribution in [0.1, 0.15) is 13.3 Å². The summed E-state index contributed by atoms with van der Waals surface area (Å²) in [6, 6.07) is 3.85. The molecule has 0 spiro atoms. The normalized spacial score (nSPS) is 12.1. The molecule has 2 aromatic heterocycles. The summed E-state index contributed by atoms with van der Waals surface area (Å²) in [6.45, 7) is 1.65. The fraction of sp³-hybridized carbons (Fsp3) is 0.333. The minimum absolute atomic E-state index is 0.0463. The second kappa shape index (κ2) is 9.50. The molecule has 1 amide bonds. The molecule has 157 valence electrons. The Morgan fingerprint density at radius 2 is 1.76 bits per heavy atom. The number of pyridine rings is 1. The molecule has 0 aliphatic rings. The zero-order chi connectivity index (χ0) is 21.7. The molecule has 2 heterocycles. The van der Waals surface area contributed by atoms with Gasteiger partial charge < -0.3 is 0 Å². The van der Waals surface area contributed by atoms with Gasteiger partial charge >= 0.3 is 175 Å². The molecule has 0 saturated carbocycles. The van der Waals surface area contributed by atoms with Gasteiger partial charge in [0, 0.05) is 0 Å². The zero-order valence-corrected chi connectivity index (χ0v) is 19.2. The van der Waals surface area contributed by atoms with Crippen LogP contribution in [0.25, 0.3) is 0 Å². The van der Waals surface area contributed by atoms with Crippen LogP contribution < -0.4 is 18.8 Å². The molecule has 0 fully saturated rings. The number of hydrogen-bond donors (Lipinski definition) is 1. The van der Waals surface area contributed by atoms with Gasteiger partial charge in [-0.1, -0.05) is 0 Å². The van der Waals surface area contributed by atoms with E-state index in [-0.39, 0.29) is 22.1 Å². The Kier molecular flexibility index (Phi) is 7.55. The van der Waals surface area contributed by atoms with Gasteiger partial charge in [-0.15, -0.1) is 0 Å². The minimum atomic E-state index is -4.53. The number of sulfone groups is 1. The van der Waals surface area contributed by atoms with Crippen LogP contribution in [-0.2, 0) is 19.9 Å². The van der Waals surface area contributed by atoms with E-state index in [0.29, 0.717) is 6.42 Å². The van der Waals surface area contributed by atoms with Crippen molar-refractivity contribution in [1.29, 1.82) is 0 Å². The molecule has 0 aromatic carbocycles. The van der Waals surface area contributed by atoms with Gasteiger partial charge in [-0.25, -0.2) is 0 Å². The number of aromatic nitrogens is 3. The van der Waals surface area contributed by atoms with Gasteiger partial charge in [0.15, 0.2) is 0 Å². The summed E-state index contributed by atoms with van der Waals surface area (Å²) in [6.07, 6.45) is 1.43. The second-order valence-corrected chi connectivity index (χ2v) is 11.2. The third kappa shape index (κ3) is 5.87. The Hall–Kier alpha value is -2.24. The number of nitrogens with one attached hydrogen (secondary N) is 1. The summed E-state index contributed by atoms with van der Waals surface area (Å²) < 4.78 is 60.9. The van der Waals surface area contributed by atoms with Crippen molar-refractivity contribution in [1.82, 2.24) is 19.7 Å². The van der Waals surface area contributed by atoms with E-state index in [1.165, 1.54) is 26.4 Å². The first-order chi connectivity index (χ1) is 13.6. The summed E-state index contributed by atoms with van der Waals surface area (Å²) in [7, 11) is -5.67. The van der Waals surface area contributed by atoms with Crippen LogP contribution in [0, 0.1) is 0 Å². The summed E-state index contributed by atoms with van der Waals surface area (Å²) in [5.41, 5.74) is 0. The molecule has 29 heavy (non-hydrogen) atoms. The van der Waals surface area contributed by atoms with Crippen molar-refractivity contribution in [2.45, 2.75) is 23.3 Å². The topological polar surface area (TPSA) is 155 Å². The number of methoxy groups -OCH3 is 2. The fourth-order valence-electron chi connectivity index (χ4n) is 2.12. The molecule has 0 unspecified atom stereocenters. The molecular weight excluding hydrogens is 487 g/mol. The Labute approximate surface area is 174 Å². The van der Waals surface area contributed by atoms with Crippen molar-refractivity contribution in [3.63, 3.8) is 0 Å². The number of amides is 1. The van der Waals surface area contributed by atoms with Crippen molar-refractivity contribution in [3.05, 3.63) is 24.4 Å². The van der Waals surface area contributed by atoms with Crippen molar-refractivity contribution in [2.24, 2.45) is 0 Å². The fourth-order valence-corrected chi connectivity index (χ4v) is 7.15. The molecule has 1 N–H and O–H groups in total. The Morgan fingerprint density at radius 1 is 1.14 bits per heavy atom. The van der Waals surface area contributed by atoms with E-state index in [1.807, 2.05) is 4.72 Å². The van der Waals surface area contributed by atoms with Gasteiger partial charge in [-0.2, -0.15) is 0 Å². The van der Waals surface area contributed by atoms with Crippen LogP contribution in [0.2, 0.25) is 0 Å². The van der Waals surface area contributed by atoms with E-state index in [1.54, 1.807) is 6.92 Å². The number of nitrogens with zero attached hydrogens (tertiary/aromatic N) is 3. The third-order valence-electron chi connectivity index (χ3n) is 3.31. The van der Waals surface area contributed by atoms with E-state index in [0.717, 1.165) is 12.3 Å². The number of carbonyl (C=O) groups excluding carboxylic acids is 1. The molecule has 0 bridgehead atoms. The van der Waals surface area contributed by atoms with Crippen LogP contribution in [0.3, 0.4) is 0 Å². The Bertz CT molecular complexity index is 1090. The first-order valence-electron chi connectivity index (χ1n) is 8.06. The molecule has 2 rings (SSSR count). The summed E-state index contributed by atoms with van der Waals surface area (Å²) in [5, 5.41) is -0.729. The van der Waals surface area contributed by atoms with E-state index < -0.39 is 50.2 Å². The van der Waals surface area contributed by atoms with Crippen LogP contribution in [0.15, 0.2) is 34.3 Å². The summed E-state index contributed by atoms with van der Waals surface area (Å²) in [4.78, 5) is 23.5. The van der Waals surface area contributed by atoms with Gasteiger partial charge in [0.05, 0.1) is 0 Å². The van der Waals surface area contributed by atoms with E-state index >= 15 is 0 Å². The van der Waals surface area contributed by atoms with E-state index in [9.17, 15) is 21.6 Å². The number of hydrogen-bond acceptors (Lipinski definition) is 10. The number of carbonyl (C=O) groups is 1. The molecule has 0 aliphatic carbocycles. The number of sulfonamides is 1. The molecule has 0 saturated heterocycles.